The second-order valence-electron chi connectivity index (χ2n) is 9.91. The van der Waals surface area contributed by atoms with Crippen molar-refractivity contribution in [3.63, 3.8) is 0 Å². The van der Waals surface area contributed by atoms with E-state index in [1.807, 2.05) is 12.4 Å². The number of carboxylic acids is 2. The summed E-state index contributed by atoms with van der Waals surface area (Å²) in [6, 6.07) is 5.17. The average molecular weight is 553 g/mol. The second-order valence-corrected chi connectivity index (χ2v) is 9.91. The van der Waals surface area contributed by atoms with Crippen molar-refractivity contribution < 1.29 is 28.6 Å². The van der Waals surface area contributed by atoms with Gasteiger partial charge in [-0.05, 0) is 87.4 Å². The van der Waals surface area contributed by atoms with Gasteiger partial charge in [0.25, 0.3) is 0 Å². The molecule has 0 aliphatic heterocycles. The predicted octanol–water partition coefficient (Wildman–Crippen LogP) is 6.96. The number of hydrogen-bond donors (Lipinski definition) is 3. The Morgan fingerprint density at radius 1 is 0.875 bits per heavy atom. The number of halogens is 2. The van der Waals surface area contributed by atoms with Gasteiger partial charge in [-0.1, -0.05) is 7.43 Å². The highest BCUT2D eigenvalue weighted by molar-refractivity contribution is 5.89. The van der Waals surface area contributed by atoms with Crippen LogP contribution in [0.15, 0.2) is 49.3 Å². The molecule has 0 saturated heterocycles. The van der Waals surface area contributed by atoms with Crippen molar-refractivity contribution in [1.82, 2.24) is 19.5 Å². The van der Waals surface area contributed by atoms with Crippen LogP contribution in [-0.2, 0) is 0 Å². The Morgan fingerprint density at radius 3 is 1.95 bits per heavy atom. The first-order valence-corrected chi connectivity index (χ1v) is 12.6. The van der Waals surface area contributed by atoms with Gasteiger partial charge in [0.1, 0.15) is 11.6 Å². The number of rotatable bonds is 5. The van der Waals surface area contributed by atoms with Crippen LogP contribution in [0.25, 0.3) is 5.69 Å². The van der Waals surface area contributed by atoms with Crippen LogP contribution >= 0.6 is 0 Å². The highest BCUT2D eigenvalue weighted by atomic mass is 19.1. The van der Waals surface area contributed by atoms with Crippen molar-refractivity contribution in [1.29, 1.82) is 0 Å². The minimum absolute atomic E-state index is 0. The third-order valence-electron chi connectivity index (χ3n) is 6.74. The van der Waals surface area contributed by atoms with Gasteiger partial charge in [-0.2, -0.15) is 0 Å². The Kier molecular flexibility index (Phi) is 9.57. The molecule has 10 heteroatoms. The number of benzene rings is 2. The largest absolute Gasteiger partial charge is 0.478 e. The summed E-state index contributed by atoms with van der Waals surface area (Å²) in [5.41, 5.74) is 4.62. The number of carbonyl (C=O) groups is 2. The van der Waals surface area contributed by atoms with Gasteiger partial charge >= 0.3 is 11.9 Å². The Hall–Kier alpha value is -4.34. The van der Waals surface area contributed by atoms with Crippen molar-refractivity contribution in [3.05, 3.63) is 100 Å². The van der Waals surface area contributed by atoms with E-state index in [1.165, 1.54) is 42.8 Å². The summed E-state index contributed by atoms with van der Waals surface area (Å²) in [5, 5.41) is 17.5. The third-order valence-corrected chi connectivity index (χ3v) is 6.74. The first kappa shape index (κ1) is 30.2. The lowest BCUT2D eigenvalue weighted by Gasteiger charge is -2.08. The van der Waals surface area contributed by atoms with Crippen molar-refractivity contribution >= 4 is 11.9 Å². The number of aryl methyl sites for hydroxylation is 3. The zero-order valence-electron chi connectivity index (χ0n) is 21.9. The van der Waals surface area contributed by atoms with E-state index in [9.17, 15) is 18.4 Å². The van der Waals surface area contributed by atoms with Crippen LogP contribution in [0, 0.1) is 32.4 Å². The fourth-order valence-corrected chi connectivity index (χ4v) is 3.99. The Morgan fingerprint density at radius 2 is 1.43 bits per heavy atom. The van der Waals surface area contributed by atoms with E-state index < -0.39 is 23.6 Å². The molecule has 3 N–H and O–H groups in total. The molecule has 2 saturated carbocycles. The average Bonchev–Trinajstić information content (AvgIpc) is 3.81. The van der Waals surface area contributed by atoms with Crippen molar-refractivity contribution in [2.45, 2.75) is 65.7 Å². The van der Waals surface area contributed by atoms with Crippen molar-refractivity contribution in [2.24, 2.45) is 0 Å². The van der Waals surface area contributed by atoms with Crippen molar-refractivity contribution in [2.75, 3.05) is 0 Å². The quantitative estimate of drug-likeness (QED) is 0.246. The topological polar surface area (TPSA) is 121 Å². The van der Waals surface area contributed by atoms with E-state index in [2.05, 4.69) is 15.0 Å². The standard InChI is InChI=1S/C14H13FN2O2.C9H9FO2.C6H8N2.CH4/c1-8-4-11(15)10(14(18)19)5-13(8)17-6-12(16-7-17)9-2-3-9;1-5-3-7(9(11)12)8(10)4-6(5)2;1-2-5(1)6-3-7-4-8-6;/h4-7,9H,2-3H2,1H3,(H,18,19);3-4H,1-2H3,(H,11,12);3-5H,1-2H2,(H,7,8);1H4. The van der Waals surface area contributed by atoms with Gasteiger partial charge < -0.3 is 19.8 Å². The highest BCUT2D eigenvalue weighted by Crippen LogP contribution is 2.39. The Balaban J connectivity index is 0.000000180. The molecule has 2 heterocycles. The predicted molar refractivity (Wildman–Crippen MR) is 147 cm³/mol. The van der Waals surface area contributed by atoms with Gasteiger partial charge in [0.15, 0.2) is 0 Å². The summed E-state index contributed by atoms with van der Waals surface area (Å²) < 4.78 is 28.2. The van der Waals surface area contributed by atoms with Gasteiger partial charge in [-0.3, -0.25) is 0 Å². The minimum Gasteiger partial charge on any atom is -0.478 e. The number of aromatic carboxylic acids is 2. The van der Waals surface area contributed by atoms with E-state index in [4.69, 9.17) is 10.2 Å². The van der Waals surface area contributed by atoms with Gasteiger partial charge in [0, 0.05) is 29.9 Å². The lowest BCUT2D eigenvalue weighted by molar-refractivity contribution is 0.0680. The second kappa shape index (κ2) is 12.7. The molecule has 6 rings (SSSR count). The number of aromatic nitrogens is 4. The maximum atomic E-state index is 13.5. The number of nitrogens with one attached hydrogen (secondary N) is 1. The SMILES string of the molecule is C.Cc1cc(F)c(C(=O)O)cc1-n1cnc(C2CC2)c1.Cc1cc(F)c(C(=O)O)cc1C.c1ncc(C2CC2)[nH]1. The van der Waals surface area contributed by atoms with E-state index in [1.54, 1.807) is 38.0 Å². The molecule has 0 atom stereocenters. The number of nitrogens with zero attached hydrogens (tertiary/aromatic N) is 3. The van der Waals surface area contributed by atoms with E-state index in [0.29, 0.717) is 17.2 Å². The Bertz CT molecular complexity index is 1490. The minimum atomic E-state index is -1.26. The molecule has 40 heavy (non-hydrogen) atoms. The van der Waals surface area contributed by atoms with E-state index in [0.717, 1.165) is 35.6 Å². The van der Waals surface area contributed by atoms with E-state index >= 15 is 0 Å². The number of hydrogen-bond acceptors (Lipinski definition) is 4. The summed E-state index contributed by atoms with van der Waals surface area (Å²) in [5.74, 6) is -2.53. The molecule has 0 amide bonds. The molecule has 2 aromatic heterocycles. The van der Waals surface area contributed by atoms with E-state index in [-0.39, 0.29) is 18.6 Å². The summed E-state index contributed by atoms with van der Waals surface area (Å²) >= 11 is 0. The fraction of sp³-hybridized carbons (Fsp3) is 0.333. The first-order valence-electron chi connectivity index (χ1n) is 12.6. The number of aromatic amines is 1. The zero-order chi connectivity index (χ0) is 28.3. The van der Waals surface area contributed by atoms with Crippen LogP contribution in [0.2, 0.25) is 0 Å². The number of H-pyrrole nitrogens is 1. The molecular weight excluding hydrogens is 518 g/mol. The molecule has 212 valence electrons. The van der Waals surface area contributed by atoms with Crippen LogP contribution in [-0.4, -0.2) is 41.7 Å². The van der Waals surface area contributed by atoms with Gasteiger partial charge in [0.2, 0.25) is 0 Å². The molecule has 0 radical (unpaired) electrons. The van der Waals surface area contributed by atoms with Crippen molar-refractivity contribution in [3.8, 4) is 5.69 Å². The molecule has 4 aromatic rings. The summed E-state index contributed by atoms with van der Waals surface area (Å²) in [7, 11) is 0. The molecule has 2 aliphatic rings. The molecule has 8 nitrogen and oxygen atoms in total. The third kappa shape index (κ3) is 7.40. The maximum Gasteiger partial charge on any atom is 0.338 e. The molecule has 0 bridgehead atoms. The maximum absolute atomic E-state index is 13.5. The van der Waals surface area contributed by atoms with Crippen LogP contribution in [0.3, 0.4) is 0 Å². The molecule has 2 aliphatic carbocycles. The molecule has 2 fully saturated rings. The van der Waals surface area contributed by atoms with Gasteiger partial charge in [-0.25, -0.2) is 28.3 Å². The monoisotopic (exact) mass is 552 g/mol. The highest BCUT2D eigenvalue weighted by Gasteiger charge is 2.26. The summed E-state index contributed by atoms with van der Waals surface area (Å²) in [4.78, 5) is 32.8. The normalized spacial score (nSPS) is 13.7. The summed E-state index contributed by atoms with van der Waals surface area (Å²) in [6.07, 6.45) is 12.2. The summed E-state index contributed by atoms with van der Waals surface area (Å²) in [6.45, 7) is 5.24. The van der Waals surface area contributed by atoms with Gasteiger partial charge in [-0.15, -0.1) is 0 Å². The number of carboxylic acid groups (broad SMARTS) is 2. The van der Waals surface area contributed by atoms with Crippen LogP contribution < -0.4 is 0 Å². The first-order chi connectivity index (χ1) is 18.5. The lowest BCUT2D eigenvalue weighted by Crippen LogP contribution is -2.04. The molecular formula is C30H34F2N4O4. The van der Waals surface area contributed by atoms with Crippen LogP contribution in [0.5, 0.6) is 0 Å². The fourth-order valence-electron chi connectivity index (χ4n) is 3.99. The van der Waals surface area contributed by atoms with Crippen LogP contribution in [0.4, 0.5) is 8.78 Å². The molecule has 2 aromatic carbocycles. The number of imidazole rings is 2. The van der Waals surface area contributed by atoms with Crippen LogP contribution in [0.1, 0.15) is 93.7 Å². The Labute approximate surface area is 231 Å². The molecule has 0 unspecified atom stereocenters. The smallest absolute Gasteiger partial charge is 0.338 e. The molecule has 0 spiro atoms. The van der Waals surface area contributed by atoms with Gasteiger partial charge in [0.05, 0.1) is 35.2 Å². The lowest BCUT2D eigenvalue weighted by atomic mass is 10.1. The zero-order valence-corrected chi connectivity index (χ0v) is 21.9.